The fraction of sp³-hybridized carbons (Fsp3) is 0.345. The highest BCUT2D eigenvalue weighted by Gasteiger charge is 2.36. The molecule has 200 valence electrons. The Morgan fingerprint density at radius 2 is 1.84 bits per heavy atom. The van der Waals surface area contributed by atoms with E-state index in [4.69, 9.17) is 26.6 Å². The van der Waals surface area contributed by atoms with Gasteiger partial charge < -0.3 is 24.7 Å². The number of ether oxygens (including phenoxy) is 1. The van der Waals surface area contributed by atoms with Crippen LogP contribution in [0.15, 0.2) is 65.3 Å². The molecule has 4 rings (SSSR count). The van der Waals surface area contributed by atoms with Gasteiger partial charge in [-0.3, -0.25) is 9.59 Å². The van der Waals surface area contributed by atoms with Crippen LogP contribution in [-0.2, 0) is 33.7 Å². The fourth-order valence-electron chi connectivity index (χ4n) is 4.48. The largest absolute Gasteiger partial charge is 0.481 e. The highest BCUT2D eigenvalue weighted by atomic mass is 35.5. The third kappa shape index (κ3) is 6.44. The van der Waals surface area contributed by atoms with Crippen LogP contribution in [0.25, 0.3) is 22.2 Å². The summed E-state index contributed by atoms with van der Waals surface area (Å²) in [5.74, 6) is -2.79. The molecule has 2 atom stereocenters. The Hall–Kier alpha value is -3.62. The van der Waals surface area contributed by atoms with Crippen molar-refractivity contribution < 1.29 is 24.0 Å². The predicted molar refractivity (Wildman–Crippen MR) is 146 cm³/mol. The maximum Gasteiger partial charge on any atom is 0.322 e. The van der Waals surface area contributed by atoms with Crippen LogP contribution in [-0.4, -0.2) is 38.4 Å². The molecule has 9 heteroatoms. The molecule has 8 nitrogen and oxygen atoms in total. The van der Waals surface area contributed by atoms with Crippen molar-refractivity contribution in [1.29, 1.82) is 0 Å². The average molecular weight is 538 g/mol. The van der Waals surface area contributed by atoms with Crippen LogP contribution in [0.1, 0.15) is 38.5 Å². The van der Waals surface area contributed by atoms with E-state index in [9.17, 15) is 14.7 Å². The van der Waals surface area contributed by atoms with Gasteiger partial charge in [0.25, 0.3) is 0 Å². The number of para-hydroxylation sites is 1. The van der Waals surface area contributed by atoms with E-state index in [1.54, 1.807) is 20.8 Å². The number of carbonyl (C=O) groups is 2. The number of nitrogens with zero attached hydrogens (tertiary/aromatic N) is 2. The van der Waals surface area contributed by atoms with Crippen LogP contribution in [0.5, 0.6) is 0 Å². The van der Waals surface area contributed by atoms with E-state index < -0.39 is 29.5 Å². The van der Waals surface area contributed by atoms with Crippen LogP contribution in [0, 0.1) is 5.92 Å². The molecule has 4 aromatic rings. The summed E-state index contributed by atoms with van der Waals surface area (Å²) in [6.45, 7) is 5.74. The molecule has 0 saturated carbocycles. The third-order valence-corrected chi connectivity index (χ3v) is 6.61. The Labute approximate surface area is 226 Å². The predicted octanol–water partition coefficient (Wildman–Crippen LogP) is 5.49. The SMILES string of the molecule is CC(C)(C)OC(=O)C(C(=O)O)C(N)CCc1cn(CCc2cc(-c3ccccc3Cl)no2)c2ccccc12. The molecule has 2 heterocycles. The van der Waals surface area contributed by atoms with Gasteiger partial charge in [0.1, 0.15) is 17.1 Å². The number of benzene rings is 2. The summed E-state index contributed by atoms with van der Waals surface area (Å²) in [4.78, 5) is 24.3. The number of aliphatic carboxylic acids is 1. The summed E-state index contributed by atoms with van der Waals surface area (Å²) in [6.07, 6.45) is 3.49. The van der Waals surface area contributed by atoms with Crippen molar-refractivity contribution in [2.75, 3.05) is 0 Å². The smallest absolute Gasteiger partial charge is 0.322 e. The quantitative estimate of drug-likeness (QED) is 0.202. The van der Waals surface area contributed by atoms with Gasteiger partial charge in [-0.1, -0.05) is 53.2 Å². The lowest BCUT2D eigenvalue weighted by atomic mass is 9.94. The van der Waals surface area contributed by atoms with Crippen molar-refractivity contribution in [3.63, 3.8) is 0 Å². The first kappa shape index (κ1) is 27.4. The molecule has 0 fully saturated rings. The van der Waals surface area contributed by atoms with Crippen LogP contribution in [0.3, 0.4) is 0 Å². The molecule has 2 unspecified atom stereocenters. The Morgan fingerprint density at radius 3 is 2.55 bits per heavy atom. The molecule has 0 saturated heterocycles. The highest BCUT2D eigenvalue weighted by Crippen LogP contribution is 2.28. The number of hydrogen-bond acceptors (Lipinski definition) is 6. The standard InChI is InChI=1S/C29H32ClN3O5/c1-29(2,3)37-28(36)26(27(34)35)23(31)13-12-18-17-33(25-11-7-5-8-20(18)25)15-14-19-16-24(32-38-19)21-9-4-6-10-22(21)30/h4-11,16-17,23,26H,12-15,31H2,1-3H3,(H,34,35). The number of aryl methyl sites for hydroxylation is 3. The normalized spacial score (nSPS) is 13.4. The zero-order valence-corrected chi connectivity index (χ0v) is 22.4. The molecule has 0 amide bonds. The second-order valence-corrected chi connectivity index (χ2v) is 10.7. The molecule has 2 aromatic carbocycles. The summed E-state index contributed by atoms with van der Waals surface area (Å²) in [5.41, 5.74) is 9.00. The summed E-state index contributed by atoms with van der Waals surface area (Å²) < 4.78 is 13.0. The van der Waals surface area contributed by atoms with Crippen LogP contribution in [0.2, 0.25) is 5.02 Å². The number of esters is 1. The maximum atomic E-state index is 12.5. The fourth-order valence-corrected chi connectivity index (χ4v) is 4.71. The van der Waals surface area contributed by atoms with Crippen molar-refractivity contribution in [2.24, 2.45) is 11.7 Å². The monoisotopic (exact) mass is 537 g/mol. The number of carboxylic acid groups (broad SMARTS) is 1. The van der Waals surface area contributed by atoms with Crippen molar-refractivity contribution in [1.82, 2.24) is 9.72 Å². The van der Waals surface area contributed by atoms with Crippen LogP contribution < -0.4 is 5.73 Å². The Kier molecular flexibility index (Phi) is 8.23. The first-order chi connectivity index (χ1) is 18.0. The van der Waals surface area contributed by atoms with Crippen molar-refractivity contribution >= 4 is 34.4 Å². The van der Waals surface area contributed by atoms with E-state index in [-0.39, 0.29) is 0 Å². The molecule has 0 spiro atoms. The van der Waals surface area contributed by atoms with E-state index in [0.717, 1.165) is 27.8 Å². The minimum absolute atomic E-state index is 0.313. The number of carboxylic acids is 1. The molecule has 0 aliphatic rings. The zero-order valence-electron chi connectivity index (χ0n) is 21.7. The van der Waals surface area contributed by atoms with Crippen molar-refractivity contribution in [3.8, 4) is 11.3 Å². The van der Waals surface area contributed by atoms with Gasteiger partial charge in [0.2, 0.25) is 0 Å². The zero-order chi connectivity index (χ0) is 27.4. The van der Waals surface area contributed by atoms with E-state index in [2.05, 4.69) is 9.72 Å². The Morgan fingerprint density at radius 1 is 1.13 bits per heavy atom. The highest BCUT2D eigenvalue weighted by molar-refractivity contribution is 6.33. The maximum absolute atomic E-state index is 12.5. The number of halogens is 1. The number of nitrogens with two attached hydrogens (primary N) is 1. The number of aromatic nitrogens is 2. The van der Waals surface area contributed by atoms with E-state index >= 15 is 0 Å². The Bertz CT molecular complexity index is 1440. The summed E-state index contributed by atoms with van der Waals surface area (Å²) in [6, 6.07) is 16.5. The number of carbonyl (C=O) groups excluding carboxylic acids is 1. The molecular weight excluding hydrogens is 506 g/mol. The lowest BCUT2D eigenvalue weighted by Gasteiger charge is -2.25. The second-order valence-electron chi connectivity index (χ2n) is 10.3. The van der Waals surface area contributed by atoms with Gasteiger partial charge in [0, 0.05) is 47.7 Å². The summed E-state index contributed by atoms with van der Waals surface area (Å²) in [5, 5.41) is 15.5. The van der Waals surface area contributed by atoms with Gasteiger partial charge in [-0.15, -0.1) is 0 Å². The van der Waals surface area contributed by atoms with Gasteiger partial charge in [-0.2, -0.15) is 0 Å². The average Bonchev–Trinajstić information content (AvgIpc) is 3.45. The molecule has 0 aliphatic carbocycles. The Balaban J connectivity index is 1.47. The van der Waals surface area contributed by atoms with Gasteiger partial charge >= 0.3 is 11.9 Å². The minimum Gasteiger partial charge on any atom is -0.481 e. The van der Waals surface area contributed by atoms with E-state index in [0.29, 0.717) is 36.5 Å². The topological polar surface area (TPSA) is 121 Å². The van der Waals surface area contributed by atoms with Crippen LogP contribution >= 0.6 is 11.6 Å². The molecule has 3 N–H and O–H groups in total. The molecule has 0 bridgehead atoms. The first-order valence-corrected chi connectivity index (χ1v) is 12.9. The lowest BCUT2D eigenvalue weighted by Crippen LogP contribution is -2.44. The molecule has 0 radical (unpaired) electrons. The minimum atomic E-state index is -1.43. The summed E-state index contributed by atoms with van der Waals surface area (Å²) in [7, 11) is 0. The van der Waals surface area contributed by atoms with E-state index in [1.165, 1.54) is 0 Å². The second kappa shape index (κ2) is 11.4. The van der Waals surface area contributed by atoms with Gasteiger partial charge in [-0.25, -0.2) is 0 Å². The molecule has 2 aromatic heterocycles. The molecule has 0 aliphatic heterocycles. The number of rotatable bonds is 10. The number of fused-ring (bicyclic) bond motifs is 1. The van der Waals surface area contributed by atoms with Crippen LogP contribution in [0.4, 0.5) is 0 Å². The van der Waals surface area contributed by atoms with Crippen molar-refractivity contribution in [3.05, 3.63) is 77.1 Å². The van der Waals surface area contributed by atoms with Gasteiger partial charge in [0.15, 0.2) is 5.92 Å². The lowest BCUT2D eigenvalue weighted by molar-refractivity contribution is -0.167. The van der Waals surface area contributed by atoms with Gasteiger partial charge in [-0.05, 0) is 51.3 Å². The summed E-state index contributed by atoms with van der Waals surface area (Å²) >= 11 is 6.29. The molecular formula is C29H32ClN3O5. The number of hydrogen-bond donors (Lipinski definition) is 2. The van der Waals surface area contributed by atoms with Gasteiger partial charge in [0.05, 0.1) is 5.02 Å². The van der Waals surface area contributed by atoms with Crippen molar-refractivity contribution in [2.45, 2.75) is 58.2 Å². The molecule has 38 heavy (non-hydrogen) atoms. The first-order valence-electron chi connectivity index (χ1n) is 12.5. The third-order valence-electron chi connectivity index (χ3n) is 6.28. The van der Waals surface area contributed by atoms with E-state index in [1.807, 2.05) is 60.8 Å².